The second-order valence-electron chi connectivity index (χ2n) is 8.32. The Labute approximate surface area is 181 Å². The average molecular weight is 422 g/mol. The van der Waals surface area contributed by atoms with E-state index in [1.807, 2.05) is 41.9 Å². The van der Waals surface area contributed by atoms with Crippen LogP contribution in [0.15, 0.2) is 30.6 Å². The SMILES string of the molecule is COc1nc(C)cn2cc(C3=Cc4ccc(N5CCN(C)[C@H](C)C5)cc4OC3O)nc12. The molecule has 0 saturated carbocycles. The standard InChI is InChI=1S/C23H27N5O3/c1-14-11-28-13-19(25-21(28)22(24-14)30-4)18-9-16-5-6-17(10-20(16)31-23(18)29)27-8-7-26(3)15(2)12-27/h5-6,9-11,13,15,23,29H,7-8,12H2,1-4H3/t15-,23?/m1/s1. The number of hydrogen-bond acceptors (Lipinski definition) is 7. The van der Waals surface area contributed by atoms with E-state index in [0.717, 1.165) is 36.6 Å². The number of aromatic nitrogens is 3. The second-order valence-corrected chi connectivity index (χ2v) is 8.32. The lowest BCUT2D eigenvalue weighted by molar-refractivity contribution is 0.0318. The molecule has 0 bridgehead atoms. The summed E-state index contributed by atoms with van der Waals surface area (Å²) in [5.74, 6) is 1.13. The Morgan fingerprint density at radius 2 is 2.03 bits per heavy atom. The summed E-state index contributed by atoms with van der Waals surface area (Å²) >= 11 is 0. The number of ether oxygens (including phenoxy) is 2. The number of hydrogen-bond donors (Lipinski definition) is 1. The topological polar surface area (TPSA) is 75.4 Å². The second kappa shape index (κ2) is 7.55. The number of imidazole rings is 1. The molecule has 1 N–H and O–H groups in total. The lowest BCUT2D eigenvalue weighted by Gasteiger charge is -2.39. The van der Waals surface area contributed by atoms with Gasteiger partial charge in [-0.05, 0) is 39.1 Å². The summed E-state index contributed by atoms with van der Waals surface area (Å²) in [6, 6.07) is 6.67. The lowest BCUT2D eigenvalue weighted by atomic mass is 10.0. The van der Waals surface area contributed by atoms with Crippen molar-refractivity contribution in [3.63, 3.8) is 0 Å². The monoisotopic (exact) mass is 421 g/mol. The first-order valence-corrected chi connectivity index (χ1v) is 10.5. The van der Waals surface area contributed by atoms with Gasteiger partial charge in [0.15, 0.2) is 0 Å². The van der Waals surface area contributed by atoms with Gasteiger partial charge in [0.2, 0.25) is 11.9 Å². The molecule has 1 unspecified atom stereocenters. The van der Waals surface area contributed by atoms with Gasteiger partial charge < -0.3 is 28.8 Å². The van der Waals surface area contributed by atoms with Crippen LogP contribution in [0.1, 0.15) is 23.9 Å². The van der Waals surface area contributed by atoms with Crippen LogP contribution in [0.25, 0.3) is 17.3 Å². The van der Waals surface area contributed by atoms with Crippen LogP contribution >= 0.6 is 0 Å². The van der Waals surface area contributed by atoms with E-state index in [0.29, 0.717) is 34.6 Å². The highest BCUT2D eigenvalue weighted by atomic mass is 16.6. The summed E-state index contributed by atoms with van der Waals surface area (Å²) in [7, 11) is 3.73. The van der Waals surface area contributed by atoms with Gasteiger partial charge in [0.25, 0.3) is 5.88 Å². The summed E-state index contributed by atoms with van der Waals surface area (Å²) in [6.45, 7) is 7.10. The molecule has 1 aromatic carbocycles. The molecule has 4 heterocycles. The van der Waals surface area contributed by atoms with E-state index < -0.39 is 6.29 Å². The average Bonchev–Trinajstić information content (AvgIpc) is 3.17. The molecule has 2 atom stereocenters. The molecular formula is C23H27N5O3. The van der Waals surface area contributed by atoms with Crippen molar-refractivity contribution in [1.82, 2.24) is 19.3 Å². The number of nitrogens with zero attached hydrogens (tertiary/aromatic N) is 5. The normalized spacial score (nSPS) is 21.6. The Hall–Kier alpha value is -3.10. The van der Waals surface area contributed by atoms with Gasteiger partial charge in [-0.1, -0.05) is 0 Å². The fourth-order valence-corrected chi connectivity index (χ4v) is 4.21. The van der Waals surface area contributed by atoms with Gasteiger partial charge >= 0.3 is 0 Å². The van der Waals surface area contributed by atoms with Crippen LogP contribution in [0.5, 0.6) is 11.6 Å². The van der Waals surface area contributed by atoms with E-state index in [4.69, 9.17) is 9.47 Å². The van der Waals surface area contributed by atoms with Gasteiger partial charge in [-0.25, -0.2) is 9.97 Å². The predicted octanol–water partition coefficient (Wildman–Crippen LogP) is 2.44. The fraction of sp³-hybridized carbons (Fsp3) is 0.391. The molecule has 3 aromatic rings. The molecule has 2 aliphatic heterocycles. The molecule has 31 heavy (non-hydrogen) atoms. The minimum atomic E-state index is -1.10. The molecule has 5 rings (SSSR count). The third-order valence-corrected chi connectivity index (χ3v) is 6.15. The number of aliphatic hydroxyl groups excluding tert-OH is 1. The minimum absolute atomic E-state index is 0.449. The van der Waals surface area contributed by atoms with Crippen LogP contribution in [-0.4, -0.2) is 70.5 Å². The van der Waals surface area contributed by atoms with Crippen molar-refractivity contribution in [2.24, 2.45) is 0 Å². The third kappa shape index (κ3) is 3.51. The largest absolute Gasteiger partial charge is 0.478 e. The maximum absolute atomic E-state index is 10.7. The summed E-state index contributed by atoms with van der Waals surface area (Å²) in [4.78, 5) is 13.7. The molecule has 8 nitrogen and oxygen atoms in total. The summed E-state index contributed by atoms with van der Waals surface area (Å²) in [5, 5.41) is 10.7. The molecule has 0 radical (unpaired) electrons. The van der Waals surface area contributed by atoms with Crippen LogP contribution in [0.2, 0.25) is 0 Å². The van der Waals surface area contributed by atoms with Crippen LogP contribution < -0.4 is 14.4 Å². The van der Waals surface area contributed by atoms with Crippen LogP contribution in [0.4, 0.5) is 5.69 Å². The number of benzene rings is 1. The Bertz CT molecular complexity index is 1170. The zero-order valence-electron chi connectivity index (χ0n) is 18.2. The smallest absolute Gasteiger partial charge is 0.258 e. The maximum atomic E-state index is 10.7. The Morgan fingerprint density at radius 1 is 1.19 bits per heavy atom. The number of piperazine rings is 1. The maximum Gasteiger partial charge on any atom is 0.258 e. The molecular weight excluding hydrogens is 394 g/mol. The van der Waals surface area contributed by atoms with E-state index in [2.05, 4.69) is 39.8 Å². The number of methoxy groups -OCH3 is 1. The van der Waals surface area contributed by atoms with Crippen molar-refractivity contribution in [2.75, 3.05) is 38.7 Å². The highest BCUT2D eigenvalue weighted by Crippen LogP contribution is 2.36. The summed E-state index contributed by atoms with van der Waals surface area (Å²) in [5.41, 5.74) is 4.68. The number of rotatable bonds is 3. The summed E-state index contributed by atoms with van der Waals surface area (Å²) < 4.78 is 13.1. The number of likely N-dealkylation sites (N-methyl/N-ethyl adjacent to an activating group) is 1. The highest BCUT2D eigenvalue weighted by Gasteiger charge is 2.26. The quantitative estimate of drug-likeness (QED) is 0.696. The lowest BCUT2D eigenvalue weighted by Crippen LogP contribution is -2.50. The molecule has 8 heteroatoms. The first-order chi connectivity index (χ1) is 14.9. The van der Waals surface area contributed by atoms with Crippen molar-refractivity contribution < 1.29 is 14.6 Å². The summed E-state index contributed by atoms with van der Waals surface area (Å²) in [6.07, 6.45) is 4.58. The van der Waals surface area contributed by atoms with E-state index in [1.165, 1.54) is 0 Å². The Balaban J connectivity index is 1.48. The van der Waals surface area contributed by atoms with Crippen LogP contribution in [0, 0.1) is 6.92 Å². The predicted molar refractivity (Wildman–Crippen MR) is 120 cm³/mol. The first kappa shape index (κ1) is 19.8. The van der Waals surface area contributed by atoms with Gasteiger partial charge in [-0.2, -0.15) is 0 Å². The molecule has 1 fully saturated rings. The van der Waals surface area contributed by atoms with Crippen molar-refractivity contribution in [3.8, 4) is 11.6 Å². The fourth-order valence-electron chi connectivity index (χ4n) is 4.21. The van der Waals surface area contributed by atoms with Crippen LogP contribution in [0.3, 0.4) is 0 Å². The Kier molecular flexibility index (Phi) is 4.83. The molecule has 0 spiro atoms. The molecule has 2 aliphatic rings. The number of fused-ring (bicyclic) bond motifs is 2. The van der Waals surface area contributed by atoms with Crippen molar-refractivity contribution in [2.45, 2.75) is 26.2 Å². The third-order valence-electron chi connectivity index (χ3n) is 6.15. The number of aryl methyl sites for hydroxylation is 1. The number of anilines is 1. The van der Waals surface area contributed by atoms with Gasteiger partial charge in [-0.15, -0.1) is 0 Å². The Morgan fingerprint density at radius 3 is 2.81 bits per heavy atom. The molecule has 2 aromatic heterocycles. The van der Waals surface area contributed by atoms with E-state index in [9.17, 15) is 5.11 Å². The molecule has 0 aliphatic carbocycles. The first-order valence-electron chi connectivity index (χ1n) is 10.5. The number of aliphatic hydroxyl groups is 1. The van der Waals surface area contributed by atoms with Crippen molar-refractivity contribution >= 4 is 23.0 Å². The van der Waals surface area contributed by atoms with Crippen LogP contribution in [-0.2, 0) is 0 Å². The molecule has 162 valence electrons. The van der Waals surface area contributed by atoms with Crippen molar-refractivity contribution in [1.29, 1.82) is 0 Å². The van der Waals surface area contributed by atoms with Gasteiger partial charge in [0, 0.05) is 61.0 Å². The van der Waals surface area contributed by atoms with E-state index in [1.54, 1.807) is 7.11 Å². The highest BCUT2D eigenvalue weighted by molar-refractivity contribution is 5.86. The molecule has 1 saturated heterocycles. The van der Waals surface area contributed by atoms with Gasteiger partial charge in [0.05, 0.1) is 18.5 Å². The van der Waals surface area contributed by atoms with E-state index >= 15 is 0 Å². The van der Waals surface area contributed by atoms with Gasteiger partial charge in [0.1, 0.15) is 5.75 Å². The van der Waals surface area contributed by atoms with Crippen molar-refractivity contribution in [3.05, 3.63) is 47.5 Å². The molecule has 0 amide bonds. The zero-order chi connectivity index (χ0) is 21.7. The zero-order valence-corrected chi connectivity index (χ0v) is 18.2. The van der Waals surface area contributed by atoms with E-state index in [-0.39, 0.29) is 0 Å². The minimum Gasteiger partial charge on any atom is -0.478 e. The van der Waals surface area contributed by atoms with Gasteiger partial charge in [-0.3, -0.25) is 0 Å².